The van der Waals surface area contributed by atoms with Crippen LogP contribution in [0.2, 0.25) is 0 Å². The van der Waals surface area contributed by atoms with Gasteiger partial charge in [-0.1, -0.05) is 12.1 Å². The van der Waals surface area contributed by atoms with Crippen molar-refractivity contribution in [3.05, 3.63) is 66.5 Å². The highest BCUT2D eigenvalue weighted by molar-refractivity contribution is 7.90. The third-order valence-corrected chi connectivity index (χ3v) is 6.08. The lowest BCUT2D eigenvalue weighted by atomic mass is 10.1. The molecule has 1 heterocycles. The van der Waals surface area contributed by atoms with Crippen molar-refractivity contribution in [1.82, 2.24) is 9.78 Å². The zero-order valence-corrected chi connectivity index (χ0v) is 18.8. The Morgan fingerprint density at radius 3 is 2.52 bits per heavy atom. The highest BCUT2D eigenvalue weighted by atomic mass is 32.2. The summed E-state index contributed by atoms with van der Waals surface area (Å²) in [6.07, 6.45) is 4.71. The predicted molar refractivity (Wildman–Crippen MR) is 120 cm³/mol. The molecule has 2 aromatic carbocycles. The van der Waals surface area contributed by atoms with Gasteiger partial charge in [0.05, 0.1) is 36.5 Å². The number of amides is 1. The second-order valence-corrected chi connectivity index (χ2v) is 9.31. The molecule has 31 heavy (non-hydrogen) atoms. The minimum absolute atomic E-state index is 0.0812. The van der Waals surface area contributed by atoms with E-state index in [0.29, 0.717) is 5.69 Å². The molecule has 1 N–H and O–H groups in total. The summed E-state index contributed by atoms with van der Waals surface area (Å²) in [5, 5.41) is 7.06. The summed E-state index contributed by atoms with van der Waals surface area (Å²) in [6, 6.07) is 13.7. The third-order valence-electron chi connectivity index (χ3n) is 4.95. The first-order chi connectivity index (χ1) is 14.7. The maximum Gasteiger partial charge on any atom is 0.243 e. The van der Waals surface area contributed by atoms with Crippen LogP contribution in [0.15, 0.2) is 65.8 Å². The number of hydrogen-bond donors (Lipinski definition) is 1. The molecule has 1 atom stereocenters. The highest BCUT2D eigenvalue weighted by Crippen LogP contribution is 2.28. The fourth-order valence-corrected chi connectivity index (χ4v) is 3.86. The van der Waals surface area contributed by atoms with E-state index in [0.717, 1.165) is 23.3 Å². The van der Waals surface area contributed by atoms with Gasteiger partial charge < -0.3 is 15.0 Å². The van der Waals surface area contributed by atoms with Crippen LogP contribution >= 0.6 is 0 Å². The predicted octanol–water partition coefficient (Wildman–Crippen LogP) is 3.04. The Morgan fingerprint density at radius 1 is 1.23 bits per heavy atom. The maximum atomic E-state index is 12.8. The van der Waals surface area contributed by atoms with Crippen molar-refractivity contribution in [2.75, 3.05) is 30.1 Å². The number of methoxy groups -OCH3 is 1. The molecule has 9 heteroatoms. The Labute approximate surface area is 182 Å². The van der Waals surface area contributed by atoms with Crippen molar-refractivity contribution < 1.29 is 17.9 Å². The largest absolute Gasteiger partial charge is 0.497 e. The monoisotopic (exact) mass is 442 g/mol. The van der Waals surface area contributed by atoms with Gasteiger partial charge in [0, 0.05) is 25.2 Å². The second-order valence-electron chi connectivity index (χ2n) is 7.30. The van der Waals surface area contributed by atoms with Gasteiger partial charge in [-0.15, -0.1) is 0 Å². The number of sulfone groups is 1. The van der Waals surface area contributed by atoms with Gasteiger partial charge in [0.15, 0.2) is 9.84 Å². The molecule has 0 saturated heterocycles. The molecule has 3 rings (SSSR count). The van der Waals surface area contributed by atoms with Crippen molar-refractivity contribution in [2.45, 2.75) is 17.9 Å². The van der Waals surface area contributed by atoms with Gasteiger partial charge >= 0.3 is 0 Å². The molecule has 1 aromatic heterocycles. The van der Waals surface area contributed by atoms with E-state index in [1.165, 1.54) is 12.1 Å². The molecule has 0 aliphatic rings. The number of carbonyl (C=O) groups excluding carboxylic acids is 1. The first-order valence-electron chi connectivity index (χ1n) is 9.66. The van der Waals surface area contributed by atoms with Crippen LogP contribution in [-0.4, -0.2) is 44.0 Å². The zero-order valence-electron chi connectivity index (χ0n) is 17.9. The van der Waals surface area contributed by atoms with E-state index in [9.17, 15) is 13.2 Å². The molecule has 0 aliphatic carbocycles. The second kappa shape index (κ2) is 9.22. The lowest BCUT2D eigenvalue weighted by Crippen LogP contribution is -2.35. The topological polar surface area (TPSA) is 93.5 Å². The Morgan fingerprint density at radius 2 is 1.94 bits per heavy atom. The van der Waals surface area contributed by atoms with Crippen LogP contribution < -0.4 is 15.0 Å². The summed E-state index contributed by atoms with van der Waals surface area (Å²) in [5.41, 5.74) is 2.33. The fraction of sp³-hybridized carbons (Fsp3) is 0.273. The van der Waals surface area contributed by atoms with Crippen LogP contribution in [-0.2, 0) is 21.7 Å². The summed E-state index contributed by atoms with van der Waals surface area (Å²) < 4.78 is 30.2. The molecule has 8 nitrogen and oxygen atoms in total. The molecule has 0 aliphatic heterocycles. The molecular formula is C22H26N4O4S. The first kappa shape index (κ1) is 22.4. The number of nitrogens with zero attached hydrogens (tertiary/aromatic N) is 3. The first-order valence-corrected chi connectivity index (χ1v) is 11.6. The van der Waals surface area contributed by atoms with E-state index >= 15 is 0 Å². The normalized spacial score (nSPS) is 12.3. The van der Waals surface area contributed by atoms with E-state index in [1.807, 2.05) is 49.3 Å². The Balaban J connectivity index is 1.80. The summed E-state index contributed by atoms with van der Waals surface area (Å²) in [4.78, 5) is 15.0. The van der Waals surface area contributed by atoms with Crippen LogP contribution in [0, 0.1) is 0 Å². The Kier molecular flexibility index (Phi) is 6.65. The number of hydrogen-bond acceptors (Lipinski definition) is 6. The lowest BCUT2D eigenvalue weighted by molar-refractivity contribution is -0.115. The van der Waals surface area contributed by atoms with Crippen molar-refractivity contribution in [3.8, 4) is 5.75 Å². The van der Waals surface area contributed by atoms with Crippen LogP contribution in [0.5, 0.6) is 5.75 Å². The fourth-order valence-electron chi connectivity index (χ4n) is 3.23. The standard InChI is InChI=1S/C22H26N4O4S/c1-16(17-6-5-7-20(12-17)30-3)26(19-13-23-25(2)14-19)15-22(27)24-18-8-10-21(11-9-18)31(4,28)29/h5-14,16H,15H2,1-4H3,(H,24,27)/t16-/m0/s1. The van der Waals surface area contributed by atoms with Crippen molar-refractivity contribution >= 4 is 27.1 Å². The number of ether oxygens (including phenoxy) is 1. The molecule has 3 aromatic rings. The Bertz CT molecular complexity index is 1160. The number of rotatable bonds is 8. The van der Waals surface area contributed by atoms with E-state index in [4.69, 9.17) is 4.74 Å². The van der Waals surface area contributed by atoms with E-state index in [2.05, 4.69) is 10.4 Å². The number of nitrogens with one attached hydrogen (secondary N) is 1. The number of aryl methyl sites for hydroxylation is 1. The number of aromatic nitrogens is 2. The minimum atomic E-state index is -3.29. The van der Waals surface area contributed by atoms with Gasteiger partial charge in [-0.25, -0.2) is 8.42 Å². The van der Waals surface area contributed by atoms with Crippen LogP contribution in [0.1, 0.15) is 18.5 Å². The smallest absolute Gasteiger partial charge is 0.243 e. The molecule has 0 spiro atoms. The molecule has 0 bridgehead atoms. The Hall–Kier alpha value is -3.33. The summed E-state index contributed by atoms with van der Waals surface area (Å²) in [6.45, 7) is 2.09. The van der Waals surface area contributed by atoms with Gasteiger partial charge in [-0.3, -0.25) is 9.48 Å². The number of anilines is 2. The SMILES string of the molecule is COc1cccc([C@H](C)N(CC(=O)Nc2ccc(S(C)(=O)=O)cc2)c2cnn(C)c2)c1. The molecule has 1 amide bonds. The summed E-state index contributed by atoms with van der Waals surface area (Å²) in [5.74, 6) is 0.511. The van der Waals surface area contributed by atoms with Gasteiger partial charge in [0.25, 0.3) is 0 Å². The van der Waals surface area contributed by atoms with Gasteiger partial charge in [-0.05, 0) is 48.9 Å². The zero-order chi connectivity index (χ0) is 22.6. The van der Waals surface area contributed by atoms with Crippen LogP contribution in [0.4, 0.5) is 11.4 Å². The quantitative estimate of drug-likeness (QED) is 0.576. The number of benzene rings is 2. The lowest BCUT2D eigenvalue weighted by Gasteiger charge is -2.30. The highest BCUT2D eigenvalue weighted by Gasteiger charge is 2.21. The molecule has 0 saturated carbocycles. The van der Waals surface area contributed by atoms with Crippen molar-refractivity contribution in [2.24, 2.45) is 7.05 Å². The minimum Gasteiger partial charge on any atom is -0.497 e. The summed E-state index contributed by atoms with van der Waals surface area (Å²) in [7, 11) is 0.148. The van der Waals surface area contributed by atoms with Crippen LogP contribution in [0.25, 0.3) is 0 Å². The maximum absolute atomic E-state index is 12.8. The molecule has 164 valence electrons. The van der Waals surface area contributed by atoms with Crippen molar-refractivity contribution in [1.29, 1.82) is 0 Å². The molecule has 0 radical (unpaired) electrons. The summed E-state index contributed by atoms with van der Waals surface area (Å²) >= 11 is 0. The van der Waals surface area contributed by atoms with E-state index in [1.54, 1.807) is 30.1 Å². The van der Waals surface area contributed by atoms with Gasteiger partial charge in [-0.2, -0.15) is 5.10 Å². The van der Waals surface area contributed by atoms with E-state index in [-0.39, 0.29) is 23.4 Å². The van der Waals surface area contributed by atoms with Crippen molar-refractivity contribution in [3.63, 3.8) is 0 Å². The third kappa shape index (κ3) is 5.64. The average molecular weight is 443 g/mol. The molecule has 0 unspecified atom stereocenters. The molecule has 0 fully saturated rings. The van der Waals surface area contributed by atoms with Gasteiger partial charge in [0.1, 0.15) is 5.75 Å². The van der Waals surface area contributed by atoms with Crippen LogP contribution in [0.3, 0.4) is 0 Å². The molecular weight excluding hydrogens is 416 g/mol. The van der Waals surface area contributed by atoms with Gasteiger partial charge in [0.2, 0.25) is 5.91 Å². The van der Waals surface area contributed by atoms with E-state index < -0.39 is 9.84 Å². The number of carbonyl (C=O) groups is 1. The average Bonchev–Trinajstić information content (AvgIpc) is 3.17.